The van der Waals surface area contributed by atoms with Gasteiger partial charge in [-0.3, -0.25) is 19.3 Å². The lowest BCUT2D eigenvalue weighted by Gasteiger charge is -2.44. The minimum atomic E-state index is -0.998. The Labute approximate surface area is 209 Å². The second-order valence-corrected chi connectivity index (χ2v) is 9.75. The summed E-state index contributed by atoms with van der Waals surface area (Å²) in [4.78, 5) is 28.1. The lowest BCUT2D eigenvalue weighted by atomic mass is 9.92. The number of rotatable bonds is 0. The first-order chi connectivity index (χ1) is 17.5. The van der Waals surface area contributed by atoms with E-state index >= 15 is 4.39 Å². The van der Waals surface area contributed by atoms with E-state index in [1.807, 2.05) is 30.3 Å². The molecule has 36 heavy (non-hydrogen) atoms. The Kier molecular flexibility index (Phi) is 5.48. The molecule has 2 bridgehead atoms. The molecular weight excluding hydrogens is 488 g/mol. The van der Waals surface area contributed by atoms with Crippen LogP contribution in [0.15, 0.2) is 64.4 Å². The Morgan fingerprint density at radius 2 is 1.94 bits per heavy atom. The van der Waals surface area contributed by atoms with Gasteiger partial charge >= 0.3 is 0 Å². The van der Waals surface area contributed by atoms with Crippen molar-refractivity contribution in [2.45, 2.75) is 23.1 Å². The van der Waals surface area contributed by atoms with Crippen molar-refractivity contribution >= 4 is 17.7 Å². The monoisotopic (exact) mass is 509 g/mol. The van der Waals surface area contributed by atoms with Gasteiger partial charge in [0, 0.05) is 46.6 Å². The van der Waals surface area contributed by atoms with Crippen LogP contribution >= 0.6 is 11.8 Å². The van der Waals surface area contributed by atoms with Crippen LogP contribution in [0.2, 0.25) is 0 Å². The van der Waals surface area contributed by atoms with E-state index < -0.39 is 34.8 Å². The van der Waals surface area contributed by atoms with Crippen LogP contribution in [-0.2, 0) is 5.75 Å². The number of hydrogen-bond donors (Lipinski definition) is 1. The van der Waals surface area contributed by atoms with E-state index in [9.17, 15) is 19.1 Å². The topological polar surface area (TPSA) is 75.0 Å². The molecule has 1 N–H and O–H groups in total. The van der Waals surface area contributed by atoms with Crippen molar-refractivity contribution in [3.05, 3.63) is 99.0 Å². The zero-order chi connectivity index (χ0) is 25.0. The molecule has 3 aliphatic rings. The number of pyridine rings is 1. The summed E-state index contributed by atoms with van der Waals surface area (Å²) in [6, 6.07) is 9.09. The molecule has 0 unspecified atom stereocenters. The van der Waals surface area contributed by atoms with Crippen molar-refractivity contribution in [1.82, 2.24) is 9.58 Å². The highest BCUT2D eigenvalue weighted by Crippen LogP contribution is 2.47. The first-order valence-electron chi connectivity index (χ1n) is 11.5. The van der Waals surface area contributed by atoms with Crippen LogP contribution in [0.3, 0.4) is 0 Å². The molecule has 4 heterocycles. The van der Waals surface area contributed by atoms with E-state index in [2.05, 4.69) is 0 Å². The van der Waals surface area contributed by atoms with E-state index in [-0.39, 0.29) is 36.0 Å². The second-order valence-electron chi connectivity index (χ2n) is 8.73. The van der Waals surface area contributed by atoms with Crippen molar-refractivity contribution < 1.29 is 23.4 Å². The van der Waals surface area contributed by atoms with Crippen LogP contribution < -0.4 is 15.2 Å². The fraction of sp³-hybridized carbons (Fsp3) is 0.231. The van der Waals surface area contributed by atoms with Gasteiger partial charge < -0.3 is 14.7 Å². The number of halogens is 2. The van der Waals surface area contributed by atoms with E-state index in [1.54, 1.807) is 16.0 Å². The molecule has 3 aliphatic heterocycles. The summed E-state index contributed by atoms with van der Waals surface area (Å²) >= 11 is 1.39. The van der Waals surface area contributed by atoms with E-state index in [0.717, 1.165) is 16.5 Å². The Bertz CT molecular complexity index is 1490. The number of hydrogen-bond acceptors (Lipinski definition) is 6. The molecule has 0 spiro atoms. The molecule has 10 heteroatoms. The van der Waals surface area contributed by atoms with Crippen LogP contribution in [0.25, 0.3) is 0 Å². The highest BCUT2D eigenvalue weighted by atomic mass is 32.2. The molecule has 1 atom stereocenters. The van der Waals surface area contributed by atoms with Crippen LogP contribution in [0, 0.1) is 11.6 Å². The second kappa shape index (κ2) is 8.70. The van der Waals surface area contributed by atoms with E-state index in [4.69, 9.17) is 4.74 Å². The summed E-state index contributed by atoms with van der Waals surface area (Å²) in [5.41, 5.74) is 0.581. The molecule has 1 aromatic heterocycles. The molecule has 0 saturated carbocycles. The summed E-state index contributed by atoms with van der Waals surface area (Å²) < 4.78 is 37.5. The smallest absolute Gasteiger partial charge is 0.277 e. The molecule has 3 aromatic rings. The zero-order valence-corrected chi connectivity index (χ0v) is 19.8. The molecule has 184 valence electrons. The third-order valence-corrected chi connectivity index (χ3v) is 7.80. The summed E-state index contributed by atoms with van der Waals surface area (Å²) in [5.74, 6) is -2.70. The summed E-state index contributed by atoms with van der Waals surface area (Å²) in [7, 11) is 0. The molecule has 0 aliphatic carbocycles. The molecule has 7 nitrogen and oxygen atoms in total. The number of carbonyl (C=O) groups excluding carboxylic acids is 1. The van der Waals surface area contributed by atoms with Gasteiger partial charge in [0.25, 0.3) is 5.91 Å². The molecule has 1 amide bonds. The molecule has 2 aromatic carbocycles. The lowest BCUT2D eigenvalue weighted by molar-refractivity contribution is 0.0682. The van der Waals surface area contributed by atoms with E-state index in [0.29, 0.717) is 18.5 Å². The Morgan fingerprint density at radius 1 is 1.11 bits per heavy atom. The van der Waals surface area contributed by atoms with Crippen molar-refractivity contribution in [2.75, 3.05) is 24.8 Å². The Balaban J connectivity index is 1.70. The minimum Gasteiger partial charge on any atom is -0.502 e. The minimum absolute atomic E-state index is 0.0868. The van der Waals surface area contributed by atoms with Gasteiger partial charge in [-0.05, 0) is 18.1 Å². The molecule has 0 radical (unpaired) electrons. The molecular formula is C26H21F2N3O4S. The maximum Gasteiger partial charge on any atom is 0.277 e. The maximum atomic E-state index is 15.3. The largest absolute Gasteiger partial charge is 0.502 e. The third kappa shape index (κ3) is 3.47. The number of fused-ring (bicyclic) bond motifs is 7. The number of ether oxygens (including phenoxy) is 1. The Hall–Kier alpha value is -3.79. The summed E-state index contributed by atoms with van der Waals surface area (Å²) in [6.07, 6.45) is 5.55. The Morgan fingerprint density at radius 3 is 2.81 bits per heavy atom. The first-order valence-corrected chi connectivity index (χ1v) is 12.5. The van der Waals surface area contributed by atoms with Gasteiger partial charge in [-0.1, -0.05) is 30.4 Å². The fourth-order valence-electron chi connectivity index (χ4n) is 5.00. The van der Waals surface area contributed by atoms with Crippen molar-refractivity contribution in [1.29, 1.82) is 0 Å². The van der Waals surface area contributed by atoms with Gasteiger partial charge in [0.2, 0.25) is 5.43 Å². The number of nitrogens with zero attached hydrogens (tertiary/aromatic N) is 3. The molecule has 0 fully saturated rings. The van der Waals surface area contributed by atoms with Crippen LogP contribution in [0.5, 0.6) is 11.5 Å². The van der Waals surface area contributed by atoms with Crippen molar-refractivity contribution in [2.24, 2.45) is 0 Å². The average Bonchev–Trinajstić information content (AvgIpc) is 3.04. The van der Waals surface area contributed by atoms with Crippen LogP contribution in [0.4, 0.5) is 8.78 Å². The number of aromatic nitrogens is 1. The highest BCUT2D eigenvalue weighted by molar-refractivity contribution is 7.98. The van der Waals surface area contributed by atoms with Crippen molar-refractivity contribution in [3.8, 4) is 11.5 Å². The predicted molar refractivity (Wildman–Crippen MR) is 130 cm³/mol. The van der Waals surface area contributed by atoms with Gasteiger partial charge in [-0.2, -0.15) is 0 Å². The summed E-state index contributed by atoms with van der Waals surface area (Å²) in [6.45, 7) is 0.565. The van der Waals surface area contributed by atoms with E-state index in [1.165, 1.54) is 28.7 Å². The van der Waals surface area contributed by atoms with Gasteiger partial charge in [0.05, 0.1) is 0 Å². The molecule has 0 saturated heterocycles. The number of thioether (sulfide) groups is 1. The van der Waals surface area contributed by atoms with Gasteiger partial charge in [0.1, 0.15) is 25.1 Å². The van der Waals surface area contributed by atoms with Crippen LogP contribution in [0.1, 0.15) is 39.6 Å². The standard InChI is InChI=1S/C26H21F2N3O4S/c27-17-12-19-21-16(22(17)28)13-36-20-7-3-2-6-15(20)23(21)31-14-29(9-4-1-5-11-35-19)26(34)24-25(33)18(32)8-10-30(24)31/h1-3,5-8,10,12,23,33H,4,9,11,13-14H2/t23-/m0/s1. The third-order valence-electron chi connectivity index (χ3n) is 6.68. The van der Waals surface area contributed by atoms with Crippen LogP contribution in [-0.4, -0.2) is 40.4 Å². The number of aromatic hydroxyl groups is 1. The van der Waals surface area contributed by atoms with Gasteiger partial charge in [-0.25, -0.2) is 8.78 Å². The van der Waals surface area contributed by atoms with Gasteiger partial charge in [0.15, 0.2) is 23.1 Å². The maximum absolute atomic E-state index is 15.3. The first kappa shape index (κ1) is 22.7. The number of benzene rings is 2. The summed E-state index contributed by atoms with van der Waals surface area (Å²) in [5, 5.41) is 12.4. The zero-order valence-electron chi connectivity index (χ0n) is 19.0. The quantitative estimate of drug-likeness (QED) is 0.463. The predicted octanol–water partition coefficient (Wildman–Crippen LogP) is 3.92. The SMILES string of the molecule is O=C1c2c(O)c(=O)ccn2N2CN1CCC=CCOc1cc(F)c(F)c3c1[C@@H]2c1ccccc1SC3. The fourth-order valence-corrected chi connectivity index (χ4v) is 6.10. The van der Waals surface area contributed by atoms with Gasteiger partial charge in [-0.15, -0.1) is 11.8 Å². The molecule has 6 rings (SSSR count). The lowest BCUT2D eigenvalue weighted by Crippen LogP contribution is -2.55. The number of carbonyl (C=O) groups is 1. The van der Waals surface area contributed by atoms with Crippen molar-refractivity contribution in [3.63, 3.8) is 0 Å². The number of amides is 1. The normalized spacial score (nSPS) is 18.7. The highest BCUT2D eigenvalue weighted by Gasteiger charge is 2.40. The average molecular weight is 510 g/mol.